The summed E-state index contributed by atoms with van der Waals surface area (Å²) in [7, 11) is 1.75. The third-order valence-electron chi connectivity index (χ3n) is 2.19. The van der Waals surface area contributed by atoms with E-state index in [0.29, 0.717) is 11.7 Å². The van der Waals surface area contributed by atoms with Crippen LogP contribution in [-0.4, -0.2) is 25.2 Å². The molecule has 5 heteroatoms. The quantitative estimate of drug-likeness (QED) is 0.740. The summed E-state index contributed by atoms with van der Waals surface area (Å²) in [6.07, 6.45) is 3.62. The maximum atomic E-state index is 4.17. The number of hydrogen-bond acceptors (Lipinski definition) is 4. The van der Waals surface area contributed by atoms with Crippen molar-refractivity contribution in [2.75, 3.05) is 0 Å². The van der Waals surface area contributed by atoms with Gasteiger partial charge in [-0.3, -0.25) is 4.98 Å². The number of rotatable bonds is 2. The molecular weight excluding hydrogens is 190 g/mol. The molecule has 0 amide bonds. The highest BCUT2D eigenvalue weighted by atomic mass is 15.6. The molecule has 2 aromatic heterocycles. The van der Waals surface area contributed by atoms with Crippen LogP contribution in [0.15, 0.2) is 18.5 Å². The first-order valence-corrected chi connectivity index (χ1v) is 4.86. The Balaban J connectivity index is 2.41. The van der Waals surface area contributed by atoms with Gasteiger partial charge in [0.25, 0.3) is 0 Å². The third-order valence-corrected chi connectivity index (χ3v) is 2.19. The molecule has 78 valence electrons. The molecule has 2 rings (SSSR count). The molecule has 0 aliphatic rings. The van der Waals surface area contributed by atoms with Gasteiger partial charge in [0, 0.05) is 18.0 Å². The zero-order chi connectivity index (χ0) is 10.8. The zero-order valence-electron chi connectivity index (χ0n) is 9.05. The van der Waals surface area contributed by atoms with E-state index < -0.39 is 0 Å². The number of tetrazole rings is 1. The lowest BCUT2D eigenvalue weighted by Gasteiger charge is -2.04. The summed E-state index contributed by atoms with van der Waals surface area (Å²) in [5, 5.41) is 11.9. The molecule has 0 aromatic carbocycles. The molecule has 0 N–H and O–H groups in total. The standard InChI is InChI=1S/C10H13N5/c1-7(2)8-4-9(6-11-5-8)10-12-14-15(3)13-10/h4-7H,1-3H3. The van der Waals surface area contributed by atoms with Crippen molar-refractivity contribution in [2.45, 2.75) is 19.8 Å². The van der Waals surface area contributed by atoms with Crippen LogP contribution in [0, 0.1) is 0 Å². The summed E-state index contributed by atoms with van der Waals surface area (Å²) in [4.78, 5) is 5.62. The van der Waals surface area contributed by atoms with E-state index in [2.05, 4.69) is 40.3 Å². The van der Waals surface area contributed by atoms with Crippen molar-refractivity contribution in [2.24, 2.45) is 7.05 Å². The average Bonchev–Trinajstić information content (AvgIpc) is 2.65. The predicted molar refractivity (Wildman–Crippen MR) is 56.1 cm³/mol. The third kappa shape index (κ3) is 2.01. The van der Waals surface area contributed by atoms with E-state index in [1.54, 1.807) is 13.2 Å². The van der Waals surface area contributed by atoms with Crippen LogP contribution in [0.4, 0.5) is 0 Å². The molecule has 0 atom stereocenters. The highest BCUT2D eigenvalue weighted by molar-refractivity contribution is 5.53. The van der Waals surface area contributed by atoms with Gasteiger partial charge < -0.3 is 0 Å². The predicted octanol–water partition coefficient (Wildman–Crippen LogP) is 1.40. The van der Waals surface area contributed by atoms with Crippen LogP contribution >= 0.6 is 0 Å². The molecule has 0 saturated heterocycles. The fourth-order valence-corrected chi connectivity index (χ4v) is 1.30. The van der Waals surface area contributed by atoms with Gasteiger partial charge in [0.15, 0.2) is 0 Å². The Hall–Kier alpha value is -1.78. The van der Waals surface area contributed by atoms with Crippen LogP contribution in [-0.2, 0) is 7.05 Å². The van der Waals surface area contributed by atoms with Crippen molar-refractivity contribution in [1.82, 2.24) is 25.2 Å². The molecule has 0 aliphatic carbocycles. The number of hydrogen-bond donors (Lipinski definition) is 0. The fraction of sp³-hybridized carbons (Fsp3) is 0.400. The van der Waals surface area contributed by atoms with Crippen molar-refractivity contribution in [3.63, 3.8) is 0 Å². The maximum absolute atomic E-state index is 4.17. The van der Waals surface area contributed by atoms with Crippen molar-refractivity contribution < 1.29 is 0 Å². The first-order chi connectivity index (χ1) is 7.16. The SMILES string of the molecule is CC(C)c1cncc(-c2nnn(C)n2)c1. The smallest absolute Gasteiger partial charge is 0.206 e. The first kappa shape index (κ1) is 9.76. The Kier molecular flexibility index (Phi) is 2.45. The molecule has 0 radical (unpaired) electrons. The second-order valence-electron chi connectivity index (χ2n) is 3.76. The normalized spacial score (nSPS) is 10.9. The van der Waals surface area contributed by atoms with E-state index in [4.69, 9.17) is 0 Å². The summed E-state index contributed by atoms with van der Waals surface area (Å²) in [6.45, 7) is 4.26. The van der Waals surface area contributed by atoms with Gasteiger partial charge in [0.2, 0.25) is 5.82 Å². The number of pyridine rings is 1. The van der Waals surface area contributed by atoms with E-state index in [9.17, 15) is 0 Å². The van der Waals surface area contributed by atoms with Crippen molar-refractivity contribution >= 4 is 0 Å². The van der Waals surface area contributed by atoms with Gasteiger partial charge in [0.1, 0.15) is 0 Å². The van der Waals surface area contributed by atoms with Crippen molar-refractivity contribution in [3.05, 3.63) is 24.0 Å². The number of nitrogens with zero attached hydrogens (tertiary/aromatic N) is 5. The summed E-state index contributed by atoms with van der Waals surface area (Å²) in [5.74, 6) is 1.07. The highest BCUT2D eigenvalue weighted by Crippen LogP contribution is 2.19. The minimum atomic E-state index is 0.453. The Bertz CT molecular complexity index is 460. The molecule has 0 spiro atoms. The maximum Gasteiger partial charge on any atom is 0.206 e. The minimum absolute atomic E-state index is 0.453. The Labute approximate surface area is 88.2 Å². The van der Waals surface area contributed by atoms with E-state index in [-0.39, 0.29) is 0 Å². The van der Waals surface area contributed by atoms with E-state index in [0.717, 1.165) is 5.56 Å². The van der Waals surface area contributed by atoms with Gasteiger partial charge in [-0.2, -0.15) is 4.80 Å². The summed E-state index contributed by atoms with van der Waals surface area (Å²) >= 11 is 0. The largest absolute Gasteiger partial charge is 0.264 e. The van der Waals surface area contributed by atoms with Crippen LogP contribution in [0.25, 0.3) is 11.4 Å². The van der Waals surface area contributed by atoms with Gasteiger partial charge in [0.05, 0.1) is 7.05 Å². The van der Waals surface area contributed by atoms with Gasteiger partial charge in [-0.1, -0.05) is 13.8 Å². The second-order valence-corrected chi connectivity index (χ2v) is 3.76. The van der Waals surface area contributed by atoms with Crippen molar-refractivity contribution in [3.8, 4) is 11.4 Å². The molecule has 5 nitrogen and oxygen atoms in total. The lowest BCUT2D eigenvalue weighted by Crippen LogP contribution is -1.93. The summed E-state index contributed by atoms with van der Waals surface area (Å²) < 4.78 is 0. The van der Waals surface area contributed by atoms with Gasteiger partial charge in [-0.25, -0.2) is 0 Å². The molecule has 0 aliphatic heterocycles. The van der Waals surface area contributed by atoms with E-state index in [1.165, 1.54) is 10.4 Å². The van der Waals surface area contributed by atoms with Crippen LogP contribution < -0.4 is 0 Å². The van der Waals surface area contributed by atoms with Crippen molar-refractivity contribution in [1.29, 1.82) is 0 Å². The Morgan fingerprint density at radius 1 is 1.27 bits per heavy atom. The van der Waals surface area contributed by atoms with Crippen LogP contribution in [0.3, 0.4) is 0 Å². The molecule has 2 heterocycles. The number of aromatic nitrogens is 5. The van der Waals surface area contributed by atoms with Gasteiger partial charge in [-0.15, -0.1) is 10.2 Å². The lowest BCUT2D eigenvalue weighted by atomic mass is 10.0. The Morgan fingerprint density at radius 3 is 2.67 bits per heavy atom. The average molecular weight is 203 g/mol. The molecule has 0 saturated carbocycles. The monoisotopic (exact) mass is 203 g/mol. The van der Waals surface area contributed by atoms with Crippen LogP contribution in [0.5, 0.6) is 0 Å². The van der Waals surface area contributed by atoms with E-state index >= 15 is 0 Å². The van der Waals surface area contributed by atoms with Gasteiger partial charge >= 0.3 is 0 Å². The minimum Gasteiger partial charge on any atom is -0.264 e. The number of aryl methyl sites for hydroxylation is 1. The molecule has 15 heavy (non-hydrogen) atoms. The zero-order valence-corrected chi connectivity index (χ0v) is 9.05. The van der Waals surface area contributed by atoms with Crippen LogP contribution in [0.2, 0.25) is 0 Å². The molecule has 2 aromatic rings. The topological polar surface area (TPSA) is 56.5 Å². The fourth-order valence-electron chi connectivity index (χ4n) is 1.30. The van der Waals surface area contributed by atoms with Gasteiger partial charge in [-0.05, 0) is 22.8 Å². The molecule has 0 unspecified atom stereocenters. The molecule has 0 fully saturated rings. The summed E-state index contributed by atoms with van der Waals surface area (Å²) in [5.41, 5.74) is 2.09. The molecular formula is C10H13N5. The Morgan fingerprint density at radius 2 is 2.07 bits per heavy atom. The van der Waals surface area contributed by atoms with Crippen LogP contribution in [0.1, 0.15) is 25.3 Å². The second kappa shape index (κ2) is 3.76. The summed E-state index contributed by atoms with van der Waals surface area (Å²) in [6, 6.07) is 2.05. The highest BCUT2D eigenvalue weighted by Gasteiger charge is 2.07. The van der Waals surface area contributed by atoms with E-state index in [1.807, 2.05) is 6.20 Å². The molecule has 0 bridgehead atoms. The first-order valence-electron chi connectivity index (χ1n) is 4.86. The lowest BCUT2D eigenvalue weighted by molar-refractivity contribution is 0.630.